The van der Waals surface area contributed by atoms with Gasteiger partial charge in [-0.05, 0) is 30.7 Å². The van der Waals surface area contributed by atoms with E-state index in [-0.39, 0.29) is 18.0 Å². The number of amides is 1. The maximum Gasteiger partial charge on any atom is 0.344 e. The first-order valence-corrected chi connectivity index (χ1v) is 8.37. The van der Waals surface area contributed by atoms with Crippen molar-refractivity contribution in [3.63, 3.8) is 0 Å². The molecule has 9 heteroatoms. The number of nitro groups is 1. The van der Waals surface area contributed by atoms with E-state index in [2.05, 4.69) is 5.32 Å². The molecule has 0 aliphatic carbocycles. The number of benzene rings is 2. The number of esters is 1. The zero-order chi connectivity index (χ0) is 20.5. The Labute approximate surface area is 161 Å². The Morgan fingerprint density at radius 2 is 1.82 bits per heavy atom. The molecule has 0 aliphatic heterocycles. The Morgan fingerprint density at radius 3 is 2.46 bits per heavy atom. The van der Waals surface area contributed by atoms with E-state index >= 15 is 0 Å². The Bertz CT molecular complexity index is 836. The molecule has 0 spiro atoms. The van der Waals surface area contributed by atoms with E-state index in [4.69, 9.17) is 14.2 Å². The van der Waals surface area contributed by atoms with Gasteiger partial charge in [-0.15, -0.1) is 0 Å². The van der Waals surface area contributed by atoms with Crippen LogP contribution in [0.3, 0.4) is 0 Å². The summed E-state index contributed by atoms with van der Waals surface area (Å²) in [4.78, 5) is 34.2. The highest BCUT2D eigenvalue weighted by atomic mass is 16.6. The van der Waals surface area contributed by atoms with Gasteiger partial charge in [0.15, 0.2) is 18.5 Å². The van der Waals surface area contributed by atoms with Gasteiger partial charge in [-0.25, -0.2) is 4.79 Å². The molecule has 0 fully saturated rings. The summed E-state index contributed by atoms with van der Waals surface area (Å²) in [5.74, 6) is -0.641. The van der Waals surface area contributed by atoms with Crippen LogP contribution in [0.25, 0.3) is 0 Å². The van der Waals surface area contributed by atoms with Crippen molar-refractivity contribution in [2.45, 2.75) is 19.6 Å². The van der Waals surface area contributed by atoms with Crippen molar-refractivity contribution in [1.82, 2.24) is 5.32 Å². The quantitative estimate of drug-likeness (QED) is 0.398. The monoisotopic (exact) mass is 388 g/mol. The van der Waals surface area contributed by atoms with Gasteiger partial charge in [-0.1, -0.05) is 24.3 Å². The molecule has 0 heterocycles. The largest absolute Gasteiger partial charge is 0.497 e. The van der Waals surface area contributed by atoms with Crippen molar-refractivity contribution in [2.75, 3.05) is 13.7 Å². The Balaban J connectivity index is 1.79. The number of methoxy groups -OCH3 is 1. The van der Waals surface area contributed by atoms with Gasteiger partial charge in [0.25, 0.3) is 5.91 Å². The van der Waals surface area contributed by atoms with Crippen molar-refractivity contribution < 1.29 is 28.7 Å². The molecule has 0 saturated carbocycles. The number of carbonyl (C=O) groups is 2. The number of para-hydroxylation sites is 2. The first kappa shape index (κ1) is 20.7. The van der Waals surface area contributed by atoms with Crippen molar-refractivity contribution in [3.05, 3.63) is 64.2 Å². The smallest absolute Gasteiger partial charge is 0.344 e. The Morgan fingerprint density at radius 1 is 1.14 bits per heavy atom. The number of hydrogen-bond donors (Lipinski definition) is 1. The number of hydrogen-bond acceptors (Lipinski definition) is 7. The lowest BCUT2D eigenvalue weighted by Crippen LogP contribution is -2.36. The SMILES string of the molecule is COc1ccc(CNC(=O)[C@H](C)OC(=O)COc2ccccc2[N+](=O)[O-])cc1. The molecule has 28 heavy (non-hydrogen) atoms. The summed E-state index contributed by atoms with van der Waals surface area (Å²) in [7, 11) is 1.56. The first-order chi connectivity index (χ1) is 13.4. The third kappa shape index (κ3) is 5.97. The molecule has 0 bridgehead atoms. The van der Waals surface area contributed by atoms with E-state index in [1.54, 1.807) is 37.4 Å². The molecule has 2 rings (SSSR count). The number of nitro benzene ring substituents is 1. The summed E-state index contributed by atoms with van der Waals surface area (Å²) in [5.41, 5.74) is 0.591. The number of nitrogens with zero attached hydrogens (tertiary/aromatic N) is 1. The van der Waals surface area contributed by atoms with Crippen LogP contribution in [0.5, 0.6) is 11.5 Å². The van der Waals surface area contributed by atoms with Crippen LogP contribution in [-0.2, 0) is 20.9 Å². The average molecular weight is 388 g/mol. The second kappa shape index (κ2) is 9.91. The molecule has 0 radical (unpaired) electrons. The normalized spacial score (nSPS) is 11.2. The summed E-state index contributed by atoms with van der Waals surface area (Å²) in [6.45, 7) is 1.13. The van der Waals surface area contributed by atoms with Crippen molar-refractivity contribution >= 4 is 17.6 Å². The van der Waals surface area contributed by atoms with Crippen molar-refractivity contribution in [1.29, 1.82) is 0 Å². The topological polar surface area (TPSA) is 117 Å². The highest BCUT2D eigenvalue weighted by Crippen LogP contribution is 2.25. The van der Waals surface area contributed by atoms with E-state index in [1.165, 1.54) is 25.1 Å². The molecule has 2 aromatic carbocycles. The number of ether oxygens (including phenoxy) is 3. The van der Waals surface area contributed by atoms with Gasteiger partial charge in [0.05, 0.1) is 12.0 Å². The summed E-state index contributed by atoms with van der Waals surface area (Å²) in [5, 5.41) is 13.6. The lowest BCUT2D eigenvalue weighted by Gasteiger charge is -2.14. The van der Waals surface area contributed by atoms with Gasteiger partial charge in [0, 0.05) is 12.6 Å². The van der Waals surface area contributed by atoms with E-state index in [0.717, 1.165) is 5.56 Å². The number of carbonyl (C=O) groups excluding carboxylic acids is 2. The lowest BCUT2D eigenvalue weighted by atomic mass is 10.2. The van der Waals surface area contributed by atoms with Crippen LogP contribution in [-0.4, -0.2) is 36.6 Å². The van der Waals surface area contributed by atoms with Crippen LogP contribution < -0.4 is 14.8 Å². The van der Waals surface area contributed by atoms with Gasteiger partial charge in [-0.2, -0.15) is 0 Å². The summed E-state index contributed by atoms with van der Waals surface area (Å²) in [6, 6.07) is 12.8. The summed E-state index contributed by atoms with van der Waals surface area (Å²) in [6.07, 6.45) is -1.04. The van der Waals surface area contributed by atoms with Gasteiger partial charge in [-0.3, -0.25) is 14.9 Å². The van der Waals surface area contributed by atoms with Crippen molar-refractivity contribution in [2.24, 2.45) is 0 Å². The molecule has 0 aliphatic rings. The molecule has 0 aromatic heterocycles. The molecule has 1 atom stereocenters. The van der Waals surface area contributed by atoms with Gasteiger partial charge >= 0.3 is 11.7 Å². The fourth-order valence-electron chi connectivity index (χ4n) is 2.23. The van der Waals surface area contributed by atoms with Gasteiger partial charge in [0.1, 0.15) is 5.75 Å². The standard InChI is InChI=1S/C19H20N2O7/c1-13(19(23)20-11-14-7-9-15(26-2)10-8-14)28-18(22)12-27-17-6-4-3-5-16(17)21(24)25/h3-10,13H,11-12H2,1-2H3,(H,20,23)/t13-/m0/s1. The molecule has 1 N–H and O–H groups in total. The molecule has 1 amide bonds. The predicted octanol–water partition coefficient (Wildman–Crippen LogP) is 2.23. The number of rotatable bonds is 9. The minimum absolute atomic E-state index is 0.0546. The van der Waals surface area contributed by atoms with E-state index in [1.807, 2.05) is 0 Å². The fourth-order valence-corrected chi connectivity index (χ4v) is 2.23. The zero-order valence-electron chi connectivity index (χ0n) is 15.4. The second-order valence-corrected chi connectivity index (χ2v) is 5.71. The van der Waals surface area contributed by atoms with Crippen molar-refractivity contribution in [3.8, 4) is 11.5 Å². The summed E-state index contributed by atoms with van der Waals surface area (Å²) >= 11 is 0. The Kier molecular flexibility index (Phi) is 7.32. The molecule has 9 nitrogen and oxygen atoms in total. The predicted molar refractivity (Wildman–Crippen MR) is 99.0 cm³/mol. The van der Waals surface area contributed by atoms with Crippen LogP contribution in [0.2, 0.25) is 0 Å². The molecule has 2 aromatic rings. The third-order valence-corrected chi connectivity index (χ3v) is 3.71. The minimum atomic E-state index is -1.04. The van der Waals surface area contributed by atoms with Gasteiger partial charge < -0.3 is 19.5 Å². The first-order valence-electron chi connectivity index (χ1n) is 8.37. The Hall–Kier alpha value is -3.62. The zero-order valence-corrected chi connectivity index (χ0v) is 15.4. The van der Waals surface area contributed by atoms with Crippen LogP contribution >= 0.6 is 0 Å². The highest BCUT2D eigenvalue weighted by Gasteiger charge is 2.20. The molecule has 0 unspecified atom stereocenters. The molecular weight excluding hydrogens is 368 g/mol. The average Bonchev–Trinajstić information content (AvgIpc) is 2.70. The maximum atomic E-state index is 12.0. The molecule has 0 saturated heterocycles. The van der Waals surface area contributed by atoms with Crippen LogP contribution in [0.15, 0.2) is 48.5 Å². The van der Waals surface area contributed by atoms with Gasteiger partial charge in [0.2, 0.25) is 0 Å². The minimum Gasteiger partial charge on any atom is -0.497 e. The number of nitrogens with one attached hydrogen (secondary N) is 1. The van der Waals surface area contributed by atoms with E-state index in [9.17, 15) is 19.7 Å². The third-order valence-electron chi connectivity index (χ3n) is 3.71. The van der Waals surface area contributed by atoms with Crippen LogP contribution in [0.4, 0.5) is 5.69 Å². The second-order valence-electron chi connectivity index (χ2n) is 5.71. The molecule has 148 valence electrons. The van der Waals surface area contributed by atoms with E-state index in [0.29, 0.717) is 5.75 Å². The summed E-state index contributed by atoms with van der Waals surface area (Å²) < 4.78 is 15.2. The van der Waals surface area contributed by atoms with Crippen LogP contribution in [0.1, 0.15) is 12.5 Å². The van der Waals surface area contributed by atoms with Crippen LogP contribution in [0, 0.1) is 10.1 Å². The fraction of sp³-hybridized carbons (Fsp3) is 0.263. The lowest BCUT2D eigenvalue weighted by molar-refractivity contribution is -0.385. The highest BCUT2D eigenvalue weighted by molar-refractivity contribution is 5.83. The molecular formula is C19H20N2O7. The maximum absolute atomic E-state index is 12.0. The van der Waals surface area contributed by atoms with E-state index < -0.39 is 29.5 Å².